The SMILES string of the molecule is CCOC1CC(Nc2cc(N)nc(C(F)(F)F)n2)C1. The maximum absolute atomic E-state index is 12.5. The Bertz CT molecular complexity index is 446. The lowest BCUT2D eigenvalue weighted by Crippen LogP contribution is -2.41. The molecule has 0 saturated heterocycles. The Balaban J connectivity index is 2.00. The van der Waals surface area contributed by atoms with Gasteiger partial charge in [0.1, 0.15) is 11.6 Å². The second-order valence-electron chi connectivity index (χ2n) is 4.39. The summed E-state index contributed by atoms with van der Waals surface area (Å²) in [5.74, 6) is -1.33. The summed E-state index contributed by atoms with van der Waals surface area (Å²) in [6, 6.07) is 1.36. The van der Waals surface area contributed by atoms with Gasteiger partial charge in [0.2, 0.25) is 5.82 Å². The fourth-order valence-electron chi connectivity index (χ4n) is 1.93. The molecule has 1 fully saturated rings. The molecule has 5 nitrogen and oxygen atoms in total. The number of rotatable bonds is 4. The van der Waals surface area contributed by atoms with E-state index in [0.29, 0.717) is 6.61 Å². The van der Waals surface area contributed by atoms with Crippen LogP contribution in [0.15, 0.2) is 6.07 Å². The highest BCUT2D eigenvalue weighted by Crippen LogP contribution is 2.30. The van der Waals surface area contributed by atoms with Crippen molar-refractivity contribution in [2.45, 2.75) is 38.1 Å². The number of nitrogens with zero attached hydrogens (tertiary/aromatic N) is 2. The molecule has 0 aliphatic heterocycles. The molecule has 2 rings (SSSR count). The summed E-state index contributed by atoms with van der Waals surface area (Å²) in [6.07, 6.45) is -2.93. The number of ether oxygens (including phenoxy) is 1. The molecule has 0 radical (unpaired) electrons. The molecule has 0 unspecified atom stereocenters. The minimum Gasteiger partial charge on any atom is -0.384 e. The maximum atomic E-state index is 12.5. The van der Waals surface area contributed by atoms with Gasteiger partial charge < -0.3 is 15.8 Å². The van der Waals surface area contributed by atoms with Crippen LogP contribution in [0.2, 0.25) is 0 Å². The average Bonchev–Trinajstić information content (AvgIpc) is 2.24. The number of nitrogens with one attached hydrogen (secondary N) is 1. The van der Waals surface area contributed by atoms with Crippen molar-refractivity contribution in [3.63, 3.8) is 0 Å². The van der Waals surface area contributed by atoms with E-state index in [1.54, 1.807) is 0 Å². The van der Waals surface area contributed by atoms with Gasteiger partial charge in [-0.25, -0.2) is 9.97 Å². The van der Waals surface area contributed by atoms with Gasteiger partial charge in [0, 0.05) is 18.7 Å². The minimum atomic E-state index is -4.60. The van der Waals surface area contributed by atoms with Crippen molar-refractivity contribution in [2.24, 2.45) is 0 Å². The predicted molar refractivity (Wildman–Crippen MR) is 63.5 cm³/mol. The molecule has 3 N–H and O–H groups in total. The molecule has 0 spiro atoms. The summed E-state index contributed by atoms with van der Waals surface area (Å²) in [5, 5.41) is 2.91. The zero-order valence-electron chi connectivity index (χ0n) is 10.4. The van der Waals surface area contributed by atoms with Crippen LogP contribution >= 0.6 is 0 Å². The summed E-state index contributed by atoms with van der Waals surface area (Å²) < 4.78 is 42.9. The molecule has 1 aliphatic rings. The Morgan fingerprint density at radius 1 is 1.42 bits per heavy atom. The Hall–Kier alpha value is -1.57. The highest BCUT2D eigenvalue weighted by Gasteiger charge is 2.36. The third-order valence-electron chi connectivity index (χ3n) is 2.85. The van der Waals surface area contributed by atoms with E-state index in [4.69, 9.17) is 10.5 Å². The van der Waals surface area contributed by atoms with E-state index in [1.807, 2.05) is 6.92 Å². The Labute approximate surface area is 108 Å². The van der Waals surface area contributed by atoms with Gasteiger partial charge in [-0.3, -0.25) is 0 Å². The van der Waals surface area contributed by atoms with E-state index in [1.165, 1.54) is 6.07 Å². The molecule has 0 atom stereocenters. The van der Waals surface area contributed by atoms with Crippen LogP contribution in [0.4, 0.5) is 24.8 Å². The molecule has 1 aliphatic carbocycles. The standard InChI is InChI=1S/C11H15F3N4O/c1-2-19-7-3-6(4-7)16-9-5-8(15)17-10(18-9)11(12,13)14/h5-7H,2-4H2,1H3,(H3,15,16,17,18). The van der Waals surface area contributed by atoms with E-state index in [-0.39, 0.29) is 23.8 Å². The number of anilines is 2. The minimum absolute atomic E-state index is 0.0620. The van der Waals surface area contributed by atoms with E-state index in [9.17, 15) is 13.2 Å². The maximum Gasteiger partial charge on any atom is 0.451 e. The smallest absolute Gasteiger partial charge is 0.384 e. The van der Waals surface area contributed by atoms with Crippen molar-refractivity contribution in [2.75, 3.05) is 17.7 Å². The van der Waals surface area contributed by atoms with Gasteiger partial charge in [-0.05, 0) is 19.8 Å². The number of nitrogens with two attached hydrogens (primary N) is 1. The van der Waals surface area contributed by atoms with Gasteiger partial charge in [0.05, 0.1) is 6.10 Å². The number of hydrogen-bond donors (Lipinski definition) is 2. The number of nitrogen functional groups attached to an aromatic ring is 1. The monoisotopic (exact) mass is 276 g/mol. The van der Waals surface area contributed by atoms with Crippen LogP contribution in [-0.2, 0) is 10.9 Å². The van der Waals surface area contributed by atoms with E-state index < -0.39 is 12.0 Å². The molecular formula is C11H15F3N4O. The first-order valence-electron chi connectivity index (χ1n) is 5.98. The highest BCUT2D eigenvalue weighted by molar-refractivity contribution is 5.46. The quantitative estimate of drug-likeness (QED) is 0.880. The molecule has 1 aromatic heterocycles. The van der Waals surface area contributed by atoms with Crippen molar-refractivity contribution in [3.05, 3.63) is 11.9 Å². The topological polar surface area (TPSA) is 73.1 Å². The van der Waals surface area contributed by atoms with Crippen molar-refractivity contribution in [1.29, 1.82) is 0 Å². The van der Waals surface area contributed by atoms with Gasteiger partial charge in [0.15, 0.2) is 0 Å². The zero-order valence-corrected chi connectivity index (χ0v) is 10.4. The predicted octanol–water partition coefficient (Wildman–Crippen LogP) is 2.06. The number of halogens is 3. The first-order valence-corrected chi connectivity index (χ1v) is 5.98. The molecule has 1 heterocycles. The summed E-state index contributed by atoms with van der Waals surface area (Å²) in [7, 11) is 0. The molecule has 1 saturated carbocycles. The van der Waals surface area contributed by atoms with Crippen molar-refractivity contribution in [3.8, 4) is 0 Å². The van der Waals surface area contributed by atoms with Crippen LogP contribution < -0.4 is 11.1 Å². The number of hydrogen-bond acceptors (Lipinski definition) is 5. The van der Waals surface area contributed by atoms with Gasteiger partial charge >= 0.3 is 6.18 Å². The normalized spacial score (nSPS) is 22.9. The average molecular weight is 276 g/mol. The van der Waals surface area contributed by atoms with Crippen LogP contribution in [0.3, 0.4) is 0 Å². The van der Waals surface area contributed by atoms with E-state index >= 15 is 0 Å². The van der Waals surface area contributed by atoms with Crippen LogP contribution in [0.5, 0.6) is 0 Å². The summed E-state index contributed by atoms with van der Waals surface area (Å²) in [4.78, 5) is 6.61. The second-order valence-corrected chi connectivity index (χ2v) is 4.39. The first-order chi connectivity index (χ1) is 8.88. The lowest BCUT2D eigenvalue weighted by Gasteiger charge is -2.35. The van der Waals surface area contributed by atoms with Crippen LogP contribution in [0.25, 0.3) is 0 Å². The molecule has 0 amide bonds. The van der Waals surface area contributed by atoms with Gasteiger partial charge in [0.25, 0.3) is 0 Å². The summed E-state index contributed by atoms with van der Waals surface area (Å²) in [6.45, 7) is 2.54. The van der Waals surface area contributed by atoms with Crippen molar-refractivity contribution in [1.82, 2.24) is 9.97 Å². The molecule has 1 aromatic rings. The van der Waals surface area contributed by atoms with Crippen LogP contribution in [0, 0.1) is 0 Å². The second kappa shape index (κ2) is 5.20. The Morgan fingerprint density at radius 3 is 2.68 bits per heavy atom. The summed E-state index contributed by atoms with van der Waals surface area (Å²) in [5.41, 5.74) is 5.35. The molecule has 0 bridgehead atoms. The molecule has 0 aromatic carbocycles. The third-order valence-corrected chi connectivity index (χ3v) is 2.85. The fourth-order valence-corrected chi connectivity index (χ4v) is 1.93. The largest absolute Gasteiger partial charge is 0.451 e. The number of aromatic nitrogens is 2. The lowest BCUT2D eigenvalue weighted by molar-refractivity contribution is -0.144. The fraction of sp³-hybridized carbons (Fsp3) is 0.636. The number of alkyl halides is 3. The van der Waals surface area contributed by atoms with Crippen molar-refractivity contribution >= 4 is 11.6 Å². The molecule has 8 heteroatoms. The lowest BCUT2D eigenvalue weighted by atomic mass is 9.89. The van der Waals surface area contributed by atoms with Crippen LogP contribution in [-0.4, -0.2) is 28.7 Å². The first kappa shape index (κ1) is 13.9. The van der Waals surface area contributed by atoms with Gasteiger partial charge in [-0.15, -0.1) is 0 Å². The Kier molecular flexibility index (Phi) is 3.79. The van der Waals surface area contributed by atoms with Crippen LogP contribution in [0.1, 0.15) is 25.6 Å². The highest BCUT2D eigenvalue weighted by atomic mass is 19.4. The summed E-state index contributed by atoms with van der Waals surface area (Å²) >= 11 is 0. The molecular weight excluding hydrogens is 261 g/mol. The molecule has 19 heavy (non-hydrogen) atoms. The van der Waals surface area contributed by atoms with Gasteiger partial charge in [-0.2, -0.15) is 13.2 Å². The van der Waals surface area contributed by atoms with Crippen molar-refractivity contribution < 1.29 is 17.9 Å². The zero-order chi connectivity index (χ0) is 14.0. The Morgan fingerprint density at radius 2 is 2.11 bits per heavy atom. The van der Waals surface area contributed by atoms with E-state index in [2.05, 4.69) is 15.3 Å². The third kappa shape index (κ3) is 3.46. The van der Waals surface area contributed by atoms with Gasteiger partial charge in [-0.1, -0.05) is 0 Å². The molecule has 106 valence electrons. The van der Waals surface area contributed by atoms with E-state index in [0.717, 1.165) is 12.8 Å².